The van der Waals surface area contributed by atoms with Crippen molar-refractivity contribution in [3.05, 3.63) is 35.9 Å². The molecule has 5 rings (SSSR count). The van der Waals surface area contributed by atoms with E-state index in [9.17, 15) is 33.6 Å². The third-order valence-electron chi connectivity index (χ3n) is 11.6. The molecule has 0 aromatic heterocycles. The van der Waals surface area contributed by atoms with Crippen molar-refractivity contribution in [2.45, 2.75) is 141 Å². The zero-order chi connectivity index (χ0) is 41.9. The predicted octanol–water partition coefficient (Wildman–Crippen LogP) is 3.16. The Labute approximate surface area is 336 Å². The van der Waals surface area contributed by atoms with Gasteiger partial charge in [0.2, 0.25) is 29.4 Å². The number of likely N-dealkylation sites (N-methyl/N-ethyl adjacent to an activating group) is 1. The molecule has 1 aromatic carbocycles. The monoisotopic (exact) mass is 794 g/mol. The van der Waals surface area contributed by atoms with Crippen molar-refractivity contribution < 1.29 is 43.0 Å². The van der Waals surface area contributed by atoms with E-state index < -0.39 is 94.9 Å². The van der Waals surface area contributed by atoms with Crippen LogP contribution in [0.3, 0.4) is 0 Å². The summed E-state index contributed by atoms with van der Waals surface area (Å²) in [5, 5.41) is 10.7. The van der Waals surface area contributed by atoms with Crippen LogP contribution in [-0.2, 0) is 38.2 Å². The van der Waals surface area contributed by atoms with Crippen molar-refractivity contribution >= 4 is 41.4 Å². The summed E-state index contributed by atoms with van der Waals surface area (Å²) in [4.78, 5) is 98.4. The lowest BCUT2D eigenvalue weighted by Gasteiger charge is -2.42. The fraction of sp³-hybridized carbons (Fsp3) is 0.690. The Morgan fingerprint density at radius 1 is 0.930 bits per heavy atom. The third-order valence-corrected chi connectivity index (χ3v) is 11.6. The van der Waals surface area contributed by atoms with Crippen molar-refractivity contribution in [2.24, 2.45) is 17.3 Å². The molecule has 6 atom stereocenters. The van der Waals surface area contributed by atoms with E-state index >= 15 is 0 Å². The number of benzene rings is 1. The number of nitrogens with zero attached hydrogens (tertiary/aromatic N) is 2. The normalized spacial score (nSPS) is 23.9. The summed E-state index contributed by atoms with van der Waals surface area (Å²) in [6.07, 6.45) is 5.37. The van der Waals surface area contributed by atoms with Gasteiger partial charge in [0.05, 0.1) is 24.3 Å². The molecule has 57 heavy (non-hydrogen) atoms. The minimum atomic E-state index is -1.21. The molecule has 15 heteroatoms. The number of fused-ring (bicyclic) bond motifs is 1. The van der Waals surface area contributed by atoms with Gasteiger partial charge in [0.25, 0.3) is 5.91 Å². The molecule has 2 aliphatic carbocycles. The molecule has 0 radical (unpaired) electrons. The van der Waals surface area contributed by atoms with Gasteiger partial charge in [-0.15, -0.1) is 0 Å². The van der Waals surface area contributed by atoms with Crippen molar-refractivity contribution in [1.29, 1.82) is 0 Å². The average molecular weight is 795 g/mol. The number of carbonyl (C=O) groups excluding carboxylic acids is 7. The summed E-state index contributed by atoms with van der Waals surface area (Å²) >= 11 is 0. The van der Waals surface area contributed by atoms with Crippen LogP contribution in [0.1, 0.15) is 111 Å². The number of rotatable bonds is 14. The van der Waals surface area contributed by atoms with E-state index in [1.54, 1.807) is 65.2 Å². The van der Waals surface area contributed by atoms with Crippen LogP contribution in [0.5, 0.6) is 0 Å². The number of nitrogens with one attached hydrogen (secondary N) is 4. The number of carbonyl (C=O) groups is 7. The van der Waals surface area contributed by atoms with Gasteiger partial charge < -0.3 is 40.5 Å². The third kappa shape index (κ3) is 11.1. The van der Waals surface area contributed by atoms with Gasteiger partial charge in [-0.2, -0.15) is 0 Å². The van der Waals surface area contributed by atoms with Crippen molar-refractivity contribution in [1.82, 2.24) is 31.1 Å². The molecule has 0 bridgehead atoms. The summed E-state index contributed by atoms with van der Waals surface area (Å²) < 4.78 is 11.9. The number of alkyl carbamates (subject to hydrolysis) is 1. The summed E-state index contributed by atoms with van der Waals surface area (Å²) in [6.45, 7) is 10.6. The maximum absolute atomic E-state index is 14.8. The number of Topliss-reactive ketones (excluding diaryl/α,β-unsaturated/α-hetero) is 1. The molecule has 314 valence electrons. The maximum atomic E-state index is 14.8. The van der Waals surface area contributed by atoms with Gasteiger partial charge in [0.1, 0.15) is 23.7 Å². The summed E-state index contributed by atoms with van der Waals surface area (Å²) in [7, 11) is 3.13. The molecule has 2 heterocycles. The van der Waals surface area contributed by atoms with Gasteiger partial charge in [-0.1, -0.05) is 69.4 Å². The number of amides is 6. The Kier molecular flexibility index (Phi) is 13.4. The quantitative estimate of drug-likeness (QED) is 0.205. The molecule has 0 spiro atoms. The highest BCUT2D eigenvalue weighted by atomic mass is 16.6. The maximum Gasteiger partial charge on any atom is 0.408 e. The van der Waals surface area contributed by atoms with Crippen LogP contribution in [0.4, 0.5) is 4.79 Å². The SMILES string of the molecule is CN(C)C(=O)C(NC(=O)CNC(=O)C(=O)C(CC1CC1)NC(=O)[C@@H]1[C@H]2CC(C)(C)O[C@H]2CN1C(=O)[C@@H](NC(=O)OC(C)(C)C)C1(C)CCCCC1)c1ccccc1. The largest absolute Gasteiger partial charge is 0.444 e. The van der Waals surface area contributed by atoms with Gasteiger partial charge in [0.15, 0.2) is 0 Å². The van der Waals surface area contributed by atoms with Crippen LogP contribution in [-0.4, -0.2) is 114 Å². The fourth-order valence-electron chi connectivity index (χ4n) is 8.59. The lowest BCUT2D eigenvalue weighted by atomic mass is 9.70. The van der Waals surface area contributed by atoms with E-state index in [0.717, 1.165) is 32.1 Å². The minimum absolute atomic E-state index is 0.116. The fourth-order valence-corrected chi connectivity index (χ4v) is 8.59. The highest BCUT2D eigenvalue weighted by molar-refractivity contribution is 6.38. The van der Waals surface area contributed by atoms with Crippen molar-refractivity contribution in [2.75, 3.05) is 27.2 Å². The van der Waals surface area contributed by atoms with Gasteiger partial charge in [-0.3, -0.25) is 28.8 Å². The molecule has 2 aliphatic heterocycles. The summed E-state index contributed by atoms with van der Waals surface area (Å²) in [6, 6.07) is 4.44. The lowest BCUT2D eigenvalue weighted by Crippen LogP contribution is -2.61. The first-order valence-electron chi connectivity index (χ1n) is 20.3. The number of ketones is 1. The zero-order valence-electron chi connectivity index (χ0n) is 34.8. The molecule has 6 amide bonds. The lowest BCUT2D eigenvalue weighted by molar-refractivity contribution is -0.146. The second-order valence-electron chi connectivity index (χ2n) is 18.4. The number of likely N-dealkylation sites (tertiary alicyclic amines) is 1. The van der Waals surface area contributed by atoms with Gasteiger partial charge in [-0.05, 0) is 77.2 Å². The van der Waals surface area contributed by atoms with Crippen molar-refractivity contribution in [3.63, 3.8) is 0 Å². The Balaban J connectivity index is 1.33. The van der Waals surface area contributed by atoms with Gasteiger partial charge in [0, 0.05) is 26.6 Å². The first-order valence-corrected chi connectivity index (χ1v) is 20.3. The van der Waals surface area contributed by atoms with Gasteiger partial charge in [-0.25, -0.2) is 4.79 Å². The van der Waals surface area contributed by atoms with E-state index in [1.807, 2.05) is 20.8 Å². The number of hydrogen-bond acceptors (Lipinski definition) is 9. The van der Waals surface area contributed by atoms with Crippen LogP contribution in [0.25, 0.3) is 0 Å². The molecule has 15 nitrogen and oxygen atoms in total. The van der Waals surface area contributed by atoms with E-state index in [1.165, 1.54) is 9.80 Å². The average Bonchev–Trinajstić information content (AvgIpc) is 3.82. The summed E-state index contributed by atoms with van der Waals surface area (Å²) in [5.74, 6) is -4.31. The Morgan fingerprint density at radius 3 is 2.18 bits per heavy atom. The molecular weight excluding hydrogens is 732 g/mol. The van der Waals surface area contributed by atoms with E-state index in [0.29, 0.717) is 24.8 Å². The zero-order valence-corrected chi connectivity index (χ0v) is 34.8. The standard InChI is InChI=1S/C42H62N6O9/c1-40(2,3)57-39(55)46-34(42(6)19-13-10-14-20-42)38(54)48-24-29-27(22-41(4,5)56-29)32(48)35(51)44-28(21-25-17-18-25)33(50)36(52)43-23-30(49)45-31(37(53)47(7)8)26-15-11-9-12-16-26/h9,11-12,15-16,25,27-29,31-32,34H,10,13-14,17-24H2,1-8H3,(H,43,52)(H,44,51)(H,45,49)(H,46,55)/t27-,28?,29-,31?,32-,34+/m0/s1. The van der Waals surface area contributed by atoms with Crippen LogP contribution in [0.2, 0.25) is 0 Å². The van der Waals surface area contributed by atoms with Crippen molar-refractivity contribution in [3.8, 4) is 0 Å². The number of hydrogen-bond donors (Lipinski definition) is 4. The van der Waals surface area contributed by atoms with Gasteiger partial charge >= 0.3 is 6.09 Å². The molecule has 4 N–H and O–H groups in total. The first-order chi connectivity index (χ1) is 26.7. The highest BCUT2D eigenvalue weighted by Gasteiger charge is 2.57. The molecule has 2 unspecified atom stereocenters. The minimum Gasteiger partial charge on any atom is -0.444 e. The molecule has 4 aliphatic rings. The van der Waals surface area contributed by atoms with E-state index in [-0.39, 0.29) is 24.8 Å². The number of ether oxygens (including phenoxy) is 2. The molecular formula is C42H62N6O9. The van der Waals surface area contributed by atoms with E-state index in [2.05, 4.69) is 21.3 Å². The highest BCUT2D eigenvalue weighted by Crippen LogP contribution is 2.45. The second kappa shape index (κ2) is 17.5. The predicted molar refractivity (Wildman–Crippen MR) is 210 cm³/mol. The molecule has 2 saturated heterocycles. The topological polar surface area (TPSA) is 193 Å². The second-order valence-corrected chi connectivity index (χ2v) is 18.4. The molecule has 1 aromatic rings. The van der Waals surface area contributed by atoms with E-state index in [4.69, 9.17) is 9.47 Å². The van der Waals surface area contributed by atoms with Crippen LogP contribution >= 0.6 is 0 Å². The Bertz CT molecular complexity index is 1680. The van der Waals surface area contributed by atoms with Crippen LogP contribution in [0, 0.1) is 17.3 Å². The Hall–Kier alpha value is -4.53. The van der Waals surface area contributed by atoms with Crippen LogP contribution in [0.15, 0.2) is 30.3 Å². The van der Waals surface area contributed by atoms with Crippen LogP contribution < -0.4 is 21.3 Å². The first kappa shape index (κ1) is 43.6. The molecule has 4 fully saturated rings. The molecule has 2 saturated carbocycles. The summed E-state index contributed by atoms with van der Waals surface area (Å²) in [5.41, 5.74) is -1.41. The smallest absolute Gasteiger partial charge is 0.408 e. The Morgan fingerprint density at radius 2 is 1.58 bits per heavy atom.